The highest BCUT2D eigenvalue weighted by Gasteiger charge is 2.16. The molecule has 1 fully saturated rings. The number of rotatable bonds is 7. The highest BCUT2D eigenvalue weighted by Crippen LogP contribution is 2.25. The van der Waals surface area contributed by atoms with E-state index in [4.69, 9.17) is 5.73 Å². The fourth-order valence-electron chi connectivity index (χ4n) is 3.41. The van der Waals surface area contributed by atoms with E-state index in [9.17, 15) is 14.4 Å². The molecule has 30 heavy (non-hydrogen) atoms. The van der Waals surface area contributed by atoms with E-state index in [1.165, 1.54) is 6.42 Å². The van der Waals surface area contributed by atoms with Crippen LogP contribution in [0.4, 0.5) is 16.2 Å². The number of carbonyl (C=O) groups is 3. The van der Waals surface area contributed by atoms with Crippen LogP contribution in [-0.2, 0) is 11.3 Å². The van der Waals surface area contributed by atoms with Gasteiger partial charge in [0.15, 0.2) is 0 Å². The van der Waals surface area contributed by atoms with Gasteiger partial charge in [-0.15, -0.1) is 0 Å². The predicted octanol–water partition coefficient (Wildman–Crippen LogP) is 2.21. The summed E-state index contributed by atoms with van der Waals surface area (Å²) in [6, 6.07) is 14.2. The Morgan fingerprint density at radius 2 is 1.70 bits per heavy atom. The monoisotopic (exact) mass is 409 g/mol. The van der Waals surface area contributed by atoms with Crippen molar-refractivity contribution < 1.29 is 14.4 Å². The Balaban J connectivity index is 1.53. The molecular formula is C22H27N5O3. The lowest BCUT2D eigenvalue weighted by Gasteiger charge is -2.29. The molecule has 8 heteroatoms. The van der Waals surface area contributed by atoms with Crippen molar-refractivity contribution >= 4 is 29.2 Å². The van der Waals surface area contributed by atoms with Gasteiger partial charge in [-0.25, -0.2) is 4.79 Å². The average molecular weight is 409 g/mol. The number of urea groups is 1. The number of hydrogen-bond donors (Lipinski definition) is 4. The fraction of sp³-hybridized carbons (Fsp3) is 0.318. The minimum Gasteiger partial charge on any atom is -0.375 e. The molecule has 3 rings (SSSR count). The van der Waals surface area contributed by atoms with E-state index < -0.39 is 17.8 Å². The van der Waals surface area contributed by atoms with Crippen LogP contribution in [0, 0.1) is 0 Å². The molecule has 0 saturated carbocycles. The average Bonchev–Trinajstić information content (AvgIpc) is 2.77. The van der Waals surface area contributed by atoms with E-state index in [-0.39, 0.29) is 6.54 Å². The van der Waals surface area contributed by atoms with E-state index in [1.807, 2.05) is 36.4 Å². The Hall–Kier alpha value is -3.55. The smallest absolute Gasteiger partial charge is 0.321 e. The van der Waals surface area contributed by atoms with E-state index in [0.29, 0.717) is 17.8 Å². The molecule has 0 aromatic heterocycles. The third-order valence-corrected chi connectivity index (χ3v) is 4.98. The van der Waals surface area contributed by atoms with Crippen molar-refractivity contribution in [1.29, 1.82) is 0 Å². The molecule has 2 aromatic rings. The molecule has 0 unspecified atom stereocenters. The van der Waals surface area contributed by atoms with Crippen LogP contribution in [-0.4, -0.2) is 37.5 Å². The van der Waals surface area contributed by atoms with Gasteiger partial charge < -0.3 is 21.3 Å². The van der Waals surface area contributed by atoms with E-state index in [2.05, 4.69) is 20.9 Å². The maximum atomic E-state index is 12.1. The molecular weight excluding hydrogens is 382 g/mol. The summed E-state index contributed by atoms with van der Waals surface area (Å²) < 4.78 is 0. The predicted molar refractivity (Wildman–Crippen MR) is 116 cm³/mol. The molecule has 1 heterocycles. The molecule has 158 valence electrons. The fourth-order valence-corrected chi connectivity index (χ4v) is 3.41. The van der Waals surface area contributed by atoms with Gasteiger partial charge >= 0.3 is 6.03 Å². The van der Waals surface area contributed by atoms with Crippen molar-refractivity contribution in [1.82, 2.24) is 10.6 Å². The first-order valence-electron chi connectivity index (χ1n) is 10.1. The van der Waals surface area contributed by atoms with Crippen LogP contribution in [0.5, 0.6) is 0 Å². The topological polar surface area (TPSA) is 117 Å². The number of nitrogens with one attached hydrogen (secondary N) is 3. The Bertz CT molecular complexity index is 895. The second kappa shape index (κ2) is 10.3. The third kappa shape index (κ3) is 5.97. The number of nitrogens with two attached hydrogens (primary N) is 1. The van der Waals surface area contributed by atoms with Crippen LogP contribution in [0.25, 0.3) is 0 Å². The Morgan fingerprint density at radius 1 is 0.967 bits per heavy atom. The second-order valence-corrected chi connectivity index (χ2v) is 7.21. The maximum Gasteiger partial charge on any atom is 0.321 e. The summed E-state index contributed by atoms with van der Waals surface area (Å²) in [5.74, 6) is -1.09. The van der Waals surface area contributed by atoms with Crippen molar-refractivity contribution in [2.45, 2.75) is 25.8 Å². The molecule has 1 aliphatic rings. The summed E-state index contributed by atoms with van der Waals surface area (Å²) in [4.78, 5) is 38.1. The number of primary amides is 1. The van der Waals surface area contributed by atoms with E-state index in [0.717, 1.165) is 37.2 Å². The highest BCUT2D eigenvalue weighted by molar-refractivity contribution is 6.01. The van der Waals surface area contributed by atoms with Gasteiger partial charge in [0.25, 0.3) is 5.91 Å². The Kier molecular flexibility index (Phi) is 7.26. The molecule has 0 aliphatic carbocycles. The van der Waals surface area contributed by atoms with Gasteiger partial charge in [0.05, 0.1) is 12.1 Å². The number of carbonyl (C=O) groups excluding carboxylic acids is 3. The van der Waals surface area contributed by atoms with Crippen molar-refractivity contribution in [2.75, 3.05) is 29.9 Å². The van der Waals surface area contributed by atoms with Gasteiger partial charge in [-0.2, -0.15) is 0 Å². The van der Waals surface area contributed by atoms with Crippen LogP contribution >= 0.6 is 0 Å². The summed E-state index contributed by atoms with van der Waals surface area (Å²) >= 11 is 0. The number of amides is 4. The Morgan fingerprint density at radius 3 is 2.40 bits per heavy atom. The first-order chi connectivity index (χ1) is 14.5. The summed E-state index contributed by atoms with van der Waals surface area (Å²) in [6.45, 7) is 2.05. The zero-order valence-corrected chi connectivity index (χ0v) is 16.8. The first kappa shape index (κ1) is 21.2. The van der Waals surface area contributed by atoms with Gasteiger partial charge in [-0.05, 0) is 43.0 Å². The molecule has 5 N–H and O–H groups in total. The normalized spacial score (nSPS) is 13.4. The second-order valence-electron chi connectivity index (χ2n) is 7.21. The van der Waals surface area contributed by atoms with Crippen molar-refractivity contribution in [2.24, 2.45) is 5.73 Å². The summed E-state index contributed by atoms with van der Waals surface area (Å²) in [5, 5.41) is 7.77. The zero-order chi connectivity index (χ0) is 21.3. The van der Waals surface area contributed by atoms with Gasteiger partial charge in [0.2, 0.25) is 5.91 Å². The van der Waals surface area contributed by atoms with Crippen molar-refractivity contribution in [3.05, 3.63) is 59.7 Å². The molecule has 2 aromatic carbocycles. The number of piperidine rings is 1. The minimum absolute atomic E-state index is 0.165. The molecule has 1 saturated heterocycles. The third-order valence-electron chi connectivity index (χ3n) is 4.98. The summed E-state index contributed by atoms with van der Waals surface area (Å²) in [7, 11) is 0. The minimum atomic E-state index is -0.582. The zero-order valence-electron chi connectivity index (χ0n) is 16.8. The maximum absolute atomic E-state index is 12.1. The Labute approximate surface area is 175 Å². The molecule has 0 spiro atoms. The quantitative estimate of drug-likeness (QED) is 0.559. The lowest BCUT2D eigenvalue weighted by atomic mass is 10.1. The van der Waals surface area contributed by atoms with Crippen LogP contribution in [0.1, 0.15) is 35.2 Å². The molecule has 1 aliphatic heterocycles. The molecule has 0 atom stereocenters. The van der Waals surface area contributed by atoms with E-state index in [1.54, 1.807) is 12.1 Å². The van der Waals surface area contributed by atoms with Crippen molar-refractivity contribution in [3.63, 3.8) is 0 Å². The lowest BCUT2D eigenvalue weighted by molar-refractivity contribution is -0.118. The van der Waals surface area contributed by atoms with Crippen LogP contribution < -0.4 is 26.6 Å². The summed E-state index contributed by atoms with van der Waals surface area (Å²) in [5.41, 5.74) is 8.19. The molecule has 0 radical (unpaired) electrons. The number of hydrogen-bond acceptors (Lipinski definition) is 5. The van der Waals surface area contributed by atoms with Crippen LogP contribution in [0.2, 0.25) is 0 Å². The van der Waals surface area contributed by atoms with Gasteiger partial charge in [-0.1, -0.05) is 30.3 Å². The molecule has 8 nitrogen and oxygen atoms in total. The first-order valence-corrected chi connectivity index (χ1v) is 10.1. The number of anilines is 2. The SMILES string of the molecule is NC(=O)c1cc(N2CCCCC2)ccc1NCC(=O)NC(=O)NCc1ccccc1. The van der Waals surface area contributed by atoms with Crippen LogP contribution in [0.15, 0.2) is 48.5 Å². The highest BCUT2D eigenvalue weighted by atomic mass is 16.2. The van der Waals surface area contributed by atoms with Crippen molar-refractivity contribution in [3.8, 4) is 0 Å². The summed E-state index contributed by atoms with van der Waals surface area (Å²) in [6.07, 6.45) is 3.46. The van der Waals surface area contributed by atoms with E-state index >= 15 is 0 Å². The van der Waals surface area contributed by atoms with Gasteiger partial charge in [0.1, 0.15) is 0 Å². The van der Waals surface area contributed by atoms with Gasteiger partial charge in [0, 0.05) is 31.0 Å². The number of nitrogens with zero attached hydrogens (tertiary/aromatic N) is 1. The molecule has 4 amide bonds. The lowest BCUT2D eigenvalue weighted by Crippen LogP contribution is -2.41. The largest absolute Gasteiger partial charge is 0.375 e. The van der Waals surface area contributed by atoms with Crippen LogP contribution in [0.3, 0.4) is 0 Å². The standard InChI is InChI=1S/C22H27N5O3/c23-21(29)18-13-17(27-11-5-2-6-12-27)9-10-19(18)24-15-20(28)26-22(30)25-14-16-7-3-1-4-8-16/h1,3-4,7-10,13,24H,2,5-6,11-12,14-15H2,(H2,23,29)(H2,25,26,28,30). The number of benzene rings is 2. The molecule has 0 bridgehead atoms. The number of imide groups is 1. The van der Waals surface area contributed by atoms with Gasteiger partial charge in [-0.3, -0.25) is 14.9 Å².